The highest BCUT2D eigenvalue weighted by atomic mass is 14.3. The van der Waals surface area contributed by atoms with Gasteiger partial charge in [0.25, 0.3) is 0 Å². The number of hydrogen-bond donors (Lipinski definition) is 0. The minimum absolute atomic E-state index is 0.809. The summed E-state index contributed by atoms with van der Waals surface area (Å²) in [5, 5.41) is 0. The normalized spacial score (nSPS) is 42.5. The molecule has 0 bridgehead atoms. The first-order valence-electron chi connectivity index (χ1n) is 8.36. The lowest BCUT2D eigenvalue weighted by molar-refractivity contribution is 0.304. The zero-order chi connectivity index (χ0) is 13.1. The quantitative estimate of drug-likeness (QED) is 0.570. The molecule has 0 heterocycles. The predicted molar refractivity (Wildman–Crippen MR) is 82.9 cm³/mol. The van der Waals surface area contributed by atoms with E-state index in [0.29, 0.717) is 0 Å². The molecule has 0 aromatic heterocycles. The van der Waals surface area contributed by atoms with E-state index in [1.807, 2.05) is 0 Å². The molecule has 0 aromatic rings. The zero-order valence-corrected chi connectivity index (χ0v) is 12.3. The fourth-order valence-corrected chi connectivity index (χ4v) is 4.11. The average molecular weight is 256 g/mol. The van der Waals surface area contributed by atoms with Gasteiger partial charge in [-0.1, -0.05) is 43.4 Å². The predicted octanol–water partition coefficient (Wildman–Crippen LogP) is 5.53. The van der Waals surface area contributed by atoms with Crippen LogP contribution in [0.5, 0.6) is 0 Å². The van der Waals surface area contributed by atoms with E-state index in [0.717, 1.165) is 29.6 Å². The fraction of sp³-hybridized carbons (Fsp3) is 0.684. The van der Waals surface area contributed by atoms with Crippen LogP contribution in [0, 0.1) is 29.6 Å². The molecule has 0 fully saturated rings. The maximum absolute atomic E-state index is 2.56. The van der Waals surface area contributed by atoms with Gasteiger partial charge in [-0.3, -0.25) is 0 Å². The van der Waals surface area contributed by atoms with Crippen LogP contribution in [0.25, 0.3) is 0 Å². The molecule has 19 heavy (non-hydrogen) atoms. The summed E-state index contributed by atoms with van der Waals surface area (Å²) in [6.07, 6.45) is 24.7. The molecule has 3 aliphatic carbocycles. The Hall–Kier alpha value is -0.780. The molecule has 0 N–H and O–H groups in total. The second kappa shape index (κ2) is 6.11. The molecule has 0 nitrogen and oxygen atoms in total. The van der Waals surface area contributed by atoms with Gasteiger partial charge in [0.05, 0.1) is 0 Å². The van der Waals surface area contributed by atoms with Gasteiger partial charge in [-0.25, -0.2) is 0 Å². The van der Waals surface area contributed by atoms with Crippen molar-refractivity contribution in [2.45, 2.75) is 51.9 Å². The SMILES string of the molecule is CC1C=CC(C2C=CC(C3C=CCCC3)CC2)CC1. The Bertz CT molecular complexity index is 373. The third-order valence-electron chi connectivity index (χ3n) is 5.47. The summed E-state index contributed by atoms with van der Waals surface area (Å²) >= 11 is 0. The van der Waals surface area contributed by atoms with E-state index in [1.165, 1.54) is 44.9 Å². The van der Waals surface area contributed by atoms with Gasteiger partial charge in [0, 0.05) is 0 Å². The Balaban J connectivity index is 1.59. The van der Waals surface area contributed by atoms with Gasteiger partial charge in [-0.2, -0.15) is 0 Å². The van der Waals surface area contributed by atoms with Crippen molar-refractivity contribution in [3.8, 4) is 0 Å². The summed E-state index contributed by atoms with van der Waals surface area (Å²) in [5.41, 5.74) is 0. The van der Waals surface area contributed by atoms with Crippen molar-refractivity contribution in [2.24, 2.45) is 29.6 Å². The molecule has 5 atom stereocenters. The highest BCUT2D eigenvalue weighted by Crippen LogP contribution is 2.38. The molecule has 0 spiro atoms. The van der Waals surface area contributed by atoms with Gasteiger partial charge < -0.3 is 0 Å². The van der Waals surface area contributed by atoms with Crippen LogP contribution in [0.1, 0.15) is 51.9 Å². The van der Waals surface area contributed by atoms with Gasteiger partial charge in [-0.15, -0.1) is 0 Å². The highest BCUT2D eigenvalue weighted by molar-refractivity contribution is 5.10. The van der Waals surface area contributed by atoms with E-state index in [4.69, 9.17) is 0 Å². The summed E-state index contributed by atoms with van der Waals surface area (Å²) in [5.74, 6) is 4.14. The molecule has 0 saturated heterocycles. The second-order valence-electron chi connectivity index (χ2n) is 6.92. The van der Waals surface area contributed by atoms with E-state index in [9.17, 15) is 0 Å². The molecule has 0 amide bonds. The molecule has 0 aliphatic heterocycles. The minimum atomic E-state index is 0.809. The molecular formula is C19H28. The van der Waals surface area contributed by atoms with Crippen molar-refractivity contribution in [1.82, 2.24) is 0 Å². The lowest BCUT2D eigenvalue weighted by Crippen LogP contribution is -2.22. The number of rotatable bonds is 2. The lowest BCUT2D eigenvalue weighted by Gasteiger charge is -2.33. The van der Waals surface area contributed by atoms with Crippen molar-refractivity contribution in [2.75, 3.05) is 0 Å². The molecule has 104 valence electrons. The van der Waals surface area contributed by atoms with Gasteiger partial charge in [0.1, 0.15) is 0 Å². The number of allylic oxidation sites excluding steroid dienone is 6. The van der Waals surface area contributed by atoms with Crippen LogP contribution in [0.4, 0.5) is 0 Å². The standard InChI is InChI=1S/C19H28/c1-15-7-9-17(10-8-15)19-13-11-18(12-14-19)16-5-3-2-4-6-16/h3,5,7,9,11,13,15-19H,2,4,6,8,10,12,14H2,1H3. The Morgan fingerprint density at radius 2 is 1.21 bits per heavy atom. The lowest BCUT2D eigenvalue weighted by atomic mass is 9.72. The van der Waals surface area contributed by atoms with Gasteiger partial charge in [0.15, 0.2) is 0 Å². The Morgan fingerprint density at radius 3 is 1.68 bits per heavy atom. The second-order valence-corrected chi connectivity index (χ2v) is 6.92. The van der Waals surface area contributed by atoms with Crippen LogP contribution in [-0.2, 0) is 0 Å². The van der Waals surface area contributed by atoms with E-state index in [-0.39, 0.29) is 0 Å². The minimum Gasteiger partial charge on any atom is -0.0882 e. The third kappa shape index (κ3) is 3.22. The van der Waals surface area contributed by atoms with Crippen molar-refractivity contribution in [3.05, 3.63) is 36.5 Å². The van der Waals surface area contributed by atoms with Crippen molar-refractivity contribution < 1.29 is 0 Å². The maximum Gasteiger partial charge on any atom is -0.0170 e. The van der Waals surface area contributed by atoms with Gasteiger partial charge >= 0.3 is 0 Å². The zero-order valence-electron chi connectivity index (χ0n) is 12.3. The Labute approximate surface area is 118 Å². The Morgan fingerprint density at radius 1 is 0.632 bits per heavy atom. The molecule has 0 aromatic carbocycles. The number of hydrogen-bond acceptors (Lipinski definition) is 0. The third-order valence-corrected chi connectivity index (χ3v) is 5.47. The van der Waals surface area contributed by atoms with E-state index in [2.05, 4.69) is 43.4 Å². The first-order valence-corrected chi connectivity index (χ1v) is 8.36. The van der Waals surface area contributed by atoms with E-state index < -0.39 is 0 Å². The monoisotopic (exact) mass is 256 g/mol. The van der Waals surface area contributed by atoms with Crippen molar-refractivity contribution in [3.63, 3.8) is 0 Å². The van der Waals surface area contributed by atoms with Crippen LogP contribution in [0.3, 0.4) is 0 Å². The molecule has 0 heteroatoms. The first kappa shape index (κ1) is 13.2. The first-order chi connectivity index (χ1) is 9.33. The average Bonchev–Trinajstić information content (AvgIpc) is 2.49. The highest BCUT2D eigenvalue weighted by Gasteiger charge is 2.27. The molecular weight excluding hydrogens is 228 g/mol. The topological polar surface area (TPSA) is 0 Å². The summed E-state index contributed by atoms with van der Waals surface area (Å²) < 4.78 is 0. The molecule has 0 saturated carbocycles. The summed E-state index contributed by atoms with van der Waals surface area (Å²) in [6, 6.07) is 0. The molecule has 3 aliphatic rings. The van der Waals surface area contributed by atoms with Gasteiger partial charge in [0.2, 0.25) is 0 Å². The summed E-state index contributed by atoms with van der Waals surface area (Å²) in [6.45, 7) is 2.34. The van der Waals surface area contributed by atoms with Crippen LogP contribution < -0.4 is 0 Å². The fourth-order valence-electron chi connectivity index (χ4n) is 4.11. The summed E-state index contributed by atoms with van der Waals surface area (Å²) in [7, 11) is 0. The van der Waals surface area contributed by atoms with Crippen molar-refractivity contribution >= 4 is 0 Å². The van der Waals surface area contributed by atoms with Crippen LogP contribution >= 0.6 is 0 Å². The molecule has 5 unspecified atom stereocenters. The van der Waals surface area contributed by atoms with E-state index in [1.54, 1.807) is 0 Å². The largest absolute Gasteiger partial charge is 0.0882 e. The van der Waals surface area contributed by atoms with Gasteiger partial charge in [-0.05, 0) is 74.5 Å². The van der Waals surface area contributed by atoms with Crippen LogP contribution in [0.2, 0.25) is 0 Å². The molecule has 0 radical (unpaired) electrons. The van der Waals surface area contributed by atoms with Crippen molar-refractivity contribution in [1.29, 1.82) is 0 Å². The van der Waals surface area contributed by atoms with Crippen LogP contribution in [-0.4, -0.2) is 0 Å². The van der Waals surface area contributed by atoms with Crippen LogP contribution in [0.15, 0.2) is 36.5 Å². The Kier molecular flexibility index (Phi) is 4.25. The smallest absolute Gasteiger partial charge is 0.0170 e. The summed E-state index contributed by atoms with van der Waals surface area (Å²) in [4.78, 5) is 0. The molecule has 3 rings (SSSR count). The van der Waals surface area contributed by atoms with E-state index >= 15 is 0 Å². The maximum atomic E-state index is 2.56.